The summed E-state index contributed by atoms with van der Waals surface area (Å²) >= 11 is 3.52. The molecule has 0 heterocycles. The van der Waals surface area contributed by atoms with Crippen LogP contribution in [0.4, 0.5) is 5.69 Å². The van der Waals surface area contributed by atoms with Gasteiger partial charge >= 0.3 is 0 Å². The van der Waals surface area contributed by atoms with Crippen LogP contribution in [0.15, 0.2) is 70.1 Å². The van der Waals surface area contributed by atoms with Crippen molar-refractivity contribution in [3.8, 4) is 11.5 Å². The van der Waals surface area contributed by atoms with Crippen molar-refractivity contribution < 1.29 is 10.2 Å². The lowest BCUT2D eigenvalue weighted by Gasteiger charge is -2.19. The van der Waals surface area contributed by atoms with Gasteiger partial charge in [0.25, 0.3) is 0 Å². The van der Waals surface area contributed by atoms with E-state index >= 15 is 0 Å². The second-order valence-electron chi connectivity index (χ2n) is 7.88. The van der Waals surface area contributed by atoms with E-state index in [2.05, 4.69) is 41.7 Å². The molecule has 0 spiro atoms. The first-order chi connectivity index (χ1) is 13.2. The first kappa shape index (κ1) is 20.2. The maximum Gasteiger partial charge on any atom is 0.141 e. The Kier molecular flexibility index (Phi) is 5.90. The molecule has 0 aliphatic heterocycles. The summed E-state index contributed by atoms with van der Waals surface area (Å²) in [4.78, 5) is 4.44. The third kappa shape index (κ3) is 4.82. The number of phenolic OH excluding ortho intramolecular Hbond substituents is 2. The summed E-state index contributed by atoms with van der Waals surface area (Å²) in [5.74, 6) is 0.311. The molecule has 3 rings (SSSR count). The van der Waals surface area contributed by atoms with E-state index in [0.29, 0.717) is 17.7 Å². The van der Waals surface area contributed by atoms with Gasteiger partial charge in [0.2, 0.25) is 0 Å². The Hall–Kier alpha value is -2.59. The van der Waals surface area contributed by atoms with Crippen LogP contribution in [0.25, 0.3) is 0 Å². The first-order valence-electron chi connectivity index (χ1n) is 9.17. The highest BCUT2D eigenvalue weighted by Gasteiger charge is 2.15. The van der Waals surface area contributed by atoms with Crippen molar-refractivity contribution in [2.45, 2.75) is 32.6 Å². The molecule has 0 aliphatic rings. The number of benzene rings is 3. The Morgan fingerprint density at radius 1 is 0.964 bits per heavy atom. The molecule has 0 atom stereocenters. The highest BCUT2D eigenvalue weighted by molar-refractivity contribution is 9.10. The van der Waals surface area contributed by atoms with Crippen LogP contribution < -0.4 is 0 Å². The second-order valence-corrected chi connectivity index (χ2v) is 8.79. The van der Waals surface area contributed by atoms with Gasteiger partial charge in [0.1, 0.15) is 17.2 Å². The quantitative estimate of drug-likeness (QED) is 0.457. The zero-order valence-corrected chi connectivity index (χ0v) is 17.9. The molecule has 28 heavy (non-hydrogen) atoms. The minimum atomic E-state index is -0.0429. The molecule has 0 amide bonds. The van der Waals surface area contributed by atoms with Crippen molar-refractivity contribution in [2.75, 3.05) is 0 Å². The summed E-state index contributed by atoms with van der Waals surface area (Å²) in [6.07, 6.45) is 2.22. The summed E-state index contributed by atoms with van der Waals surface area (Å²) in [5, 5.41) is 20.9. The number of phenols is 2. The number of aliphatic imine (C=N–C) groups is 1. The summed E-state index contributed by atoms with van der Waals surface area (Å²) in [5.41, 5.74) is 4.06. The Balaban J connectivity index is 1.95. The lowest BCUT2D eigenvalue weighted by atomic mass is 9.87. The van der Waals surface area contributed by atoms with E-state index in [0.717, 1.165) is 21.2 Å². The molecule has 0 aromatic heterocycles. The van der Waals surface area contributed by atoms with Crippen LogP contribution in [0.2, 0.25) is 0 Å². The van der Waals surface area contributed by atoms with Crippen molar-refractivity contribution in [3.05, 3.63) is 87.4 Å². The van der Waals surface area contributed by atoms with Gasteiger partial charge in [0.15, 0.2) is 0 Å². The van der Waals surface area contributed by atoms with Crippen LogP contribution in [0, 0.1) is 0 Å². The highest BCUT2D eigenvalue weighted by Crippen LogP contribution is 2.33. The van der Waals surface area contributed by atoms with E-state index < -0.39 is 0 Å². The number of nitrogens with zero attached hydrogens (tertiary/aromatic N) is 1. The number of hydrogen-bond acceptors (Lipinski definition) is 3. The Morgan fingerprint density at radius 3 is 2.36 bits per heavy atom. The Labute approximate surface area is 174 Å². The lowest BCUT2D eigenvalue weighted by Crippen LogP contribution is -2.10. The molecule has 0 saturated carbocycles. The molecule has 4 heteroatoms. The highest BCUT2D eigenvalue weighted by atomic mass is 79.9. The largest absolute Gasteiger partial charge is 0.507 e. The van der Waals surface area contributed by atoms with Gasteiger partial charge in [-0.15, -0.1) is 0 Å². The lowest BCUT2D eigenvalue weighted by molar-refractivity contribution is 0.468. The van der Waals surface area contributed by atoms with E-state index in [1.165, 1.54) is 0 Å². The van der Waals surface area contributed by atoms with E-state index in [4.69, 9.17) is 0 Å². The SMILES string of the molecule is CC(C)(C)c1ccc(O)c(N=Cc2cc(Br)cc(Cc3ccccc3)c2O)c1. The number of rotatable bonds is 4. The van der Waals surface area contributed by atoms with Crippen molar-refractivity contribution in [1.29, 1.82) is 0 Å². The molecule has 2 N–H and O–H groups in total. The fourth-order valence-electron chi connectivity index (χ4n) is 2.96. The molecule has 0 unspecified atom stereocenters. The van der Waals surface area contributed by atoms with Crippen LogP contribution in [-0.4, -0.2) is 16.4 Å². The molecule has 0 saturated heterocycles. The third-order valence-electron chi connectivity index (χ3n) is 4.60. The van der Waals surface area contributed by atoms with E-state index in [1.54, 1.807) is 12.3 Å². The van der Waals surface area contributed by atoms with Crippen molar-refractivity contribution in [2.24, 2.45) is 4.99 Å². The molecule has 3 aromatic carbocycles. The predicted octanol–water partition coefficient (Wildman–Crippen LogP) is 6.50. The summed E-state index contributed by atoms with van der Waals surface area (Å²) in [6.45, 7) is 6.34. The first-order valence-corrected chi connectivity index (χ1v) is 9.96. The van der Waals surface area contributed by atoms with Gasteiger partial charge < -0.3 is 10.2 Å². The monoisotopic (exact) mass is 437 g/mol. The van der Waals surface area contributed by atoms with Gasteiger partial charge in [-0.3, -0.25) is 4.99 Å². The predicted molar refractivity (Wildman–Crippen MR) is 119 cm³/mol. The van der Waals surface area contributed by atoms with Gasteiger partial charge in [-0.1, -0.05) is 73.1 Å². The van der Waals surface area contributed by atoms with Crippen LogP contribution in [0.1, 0.15) is 43.0 Å². The average molecular weight is 438 g/mol. The smallest absolute Gasteiger partial charge is 0.141 e. The van der Waals surface area contributed by atoms with E-state index in [9.17, 15) is 10.2 Å². The third-order valence-corrected chi connectivity index (χ3v) is 5.06. The second kappa shape index (κ2) is 8.19. The molecule has 3 nitrogen and oxygen atoms in total. The van der Waals surface area contributed by atoms with Gasteiger partial charge in [-0.2, -0.15) is 0 Å². The molecular weight excluding hydrogens is 414 g/mol. The number of aromatic hydroxyl groups is 2. The number of hydrogen-bond donors (Lipinski definition) is 2. The van der Waals surface area contributed by atoms with Gasteiger partial charge in [-0.05, 0) is 40.8 Å². The standard InChI is InChI=1S/C24H24BrNO2/c1-24(2,3)19-9-10-22(27)21(14-19)26-15-18-13-20(25)12-17(23(18)28)11-16-7-5-4-6-8-16/h4-10,12-15,27-28H,11H2,1-3H3. The minimum Gasteiger partial charge on any atom is -0.507 e. The van der Waals surface area contributed by atoms with Gasteiger partial charge in [-0.25, -0.2) is 0 Å². The fraction of sp³-hybridized carbons (Fsp3) is 0.208. The van der Waals surface area contributed by atoms with Crippen LogP contribution in [0.5, 0.6) is 11.5 Å². The maximum absolute atomic E-state index is 10.7. The molecular formula is C24H24BrNO2. The molecule has 144 valence electrons. The average Bonchev–Trinajstić information content (AvgIpc) is 2.64. The summed E-state index contributed by atoms with van der Waals surface area (Å²) < 4.78 is 0.866. The van der Waals surface area contributed by atoms with Gasteiger partial charge in [0.05, 0.1) is 0 Å². The summed E-state index contributed by atoms with van der Waals surface area (Å²) in [7, 11) is 0. The number of halogens is 1. The van der Waals surface area contributed by atoms with E-state index in [-0.39, 0.29) is 16.9 Å². The van der Waals surface area contributed by atoms with Crippen LogP contribution in [-0.2, 0) is 11.8 Å². The fourth-order valence-corrected chi connectivity index (χ4v) is 3.48. The van der Waals surface area contributed by atoms with Crippen molar-refractivity contribution >= 4 is 27.8 Å². The molecule has 0 fully saturated rings. The molecule has 0 bridgehead atoms. The molecule has 0 radical (unpaired) electrons. The minimum absolute atomic E-state index is 0.0429. The normalized spacial score (nSPS) is 11.9. The zero-order valence-electron chi connectivity index (χ0n) is 16.3. The summed E-state index contributed by atoms with van der Waals surface area (Å²) in [6, 6.07) is 19.2. The Morgan fingerprint density at radius 2 is 1.68 bits per heavy atom. The van der Waals surface area contributed by atoms with Gasteiger partial charge in [0, 0.05) is 28.2 Å². The van der Waals surface area contributed by atoms with Crippen molar-refractivity contribution in [1.82, 2.24) is 0 Å². The topological polar surface area (TPSA) is 52.8 Å². The van der Waals surface area contributed by atoms with Crippen molar-refractivity contribution in [3.63, 3.8) is 0 Å². The molecule has 0 aliphatic carbocycles. The van der Waals surface area contributed by atoms with Crippen LogP contribution >= 0.6 is 15.9 Å². The maximum atomic E-state index is 10.7. The van der Waals surface area contributed by atoms with E-state index in [1.807, 2.05) is 54.6 Å². The van der Waals surface area contributed by atoms with Crippen LogP contribution in [0.3, 0.4) is 0 Å². The zero-order chi connectivity index (χ0) is 20.3. The molecule has 3 aromatic rings. The Bertz CT molecular complexity index is 1010.